The summed E-state index contributed by atoms with van der Waals surface area (Å²) in [6.07, 6.45) is 1.63. The quantitative estimate of drug-likeness (QED) is 0.777. The van der Waals surface area contributed by atoms with Crippen LogP contribution in [0.1, 0.15) is 28.6 Å². The van der Waals surface area contributed by atoms with Crippen LogP contribution in [0.5, 0.6) is 5.88 Å². The number of aryl methyl sites for hydroxylation is 1. The number of carbonyl (C=O) groups excluding carboxylic acids is 1. The van der Waals surface area contributed by atoms with E-state index in [1.165, 1.54) is 6.07 Å². The van der Waals surface area contributed by atoms with Gasteiger partial charge in [-0.25, -0.2) is 9.37 Å². The van der Waals surface area contributed by atoms with Gasteiger partial charge >= 0.3 is 0 Å². The molecular weight excluding hydrogens is 311 g/mol. The van der Waals surface area contributed by atoms with Crippen molar-refractivity contribution in [1.29, 1.82) is 0 Å². The minimum Gasteiger partial charge on any atom is -0.478 e. The number of nitrogens with zero attached hydrogens (tertiary/aromatic N) is 1. The van der Waals surface area contributed by atoms with E-state index in [1.54, 1.807) is 31.3 Å². The smallest absolute Gasteiger partial charge is 0.287 e. The highest BCUT2D eigenvalue weighted by Crippen LogP contribution is 2.27. The number of fused-ring (bicyclic) bond motifs is 1. The second-order valence-electron chi connectivity index (χ2n) is 5.26. The molecule has 1 aromatic carbocycles. The van der Waals surface area contributed by atoms with Crippen LogP contribution >= 0.6 is 0 Å². The Morgan fingerprint density at radius 3 is 2.92 bits per heavy atom. The molecule has 0 unspecified atom stereocenters. The van der Waals surface area contributed by atoms with Crippen LogP contribution in [0.25, 0.3) is 11.0 Å². The number of benzene rings is 1. The number of ether oxygens (including phenoxy) is 1. The average Bonchev–Trinajstić information content (AvgIpc) is 2.93. The zero-order chi connectivity index (χ0) is 17.1. The van der Waals surface area contributed by atoms with Crippen molar-refractivity contribution in [2.75, 3.05) is 6.61 Å². The first kappa shape index (κ1) is 16.0. The van der Waals surface area contributed by atoms with Gasteiger partial charge in [-0.15, -0.1) is 0 Å². The maximum absolute atomic E-state index is 13.8. The fraction of sp³-hybridized carbons (Fsp3) is 0.222. The molecule has 6 heteroatoms. The van der Waals surface area contributed by atoms with Gasteiger partial charge in [0.2, 0.25) is 5.88 Å². The molecule has 2 heterocycles. The van der Waals surface area contributed by atoms with Crippen LogP contribution in [0.15, 0.2) is 40.9 Å². The minimum absolute atomic E-state index is 0.0940. The van der Waals surface area contributed by atoms with Crippen molar-refractivity contribution in [3.63, 3.8) is 0 Å². The molecule has 0 aliphatic heterocycles. The topological polar surface area (TPSA) is 64.4 Å². The van der Waals surface area contributed by atoms with Gasteiger partial charge in [0.25, 0.3) is 5.91 Å². The number of aromatic nitrogens is 1. The first-order valence-electron chi connectivity index (χ1n) is 7.64. The first-order chi connectivity index (χ1) is 11.6. The van der Waals surface area contributed by atoms with Crippen LogP contribution in [0.3, 0.4) is 0 Å². The molecule has 0 aliphatic carbocycles. The summed E-state index contributed by atoms with van der Waals surface area (Å²) in [6, 6.07) is 8.21. The Morgan fingerprint density at radius 2 is 2.17 bits per heavy atom. The van der Waals surface area contributed by atoms with Crippen LogP contribution in [0, 0.1) is 12.7 Å². The fourth-order valence-electron chi connectivity index (χ4n) is 2.51. The van der Waals surface area contributed by atoms with Crippen LogP contribution in [0.2, 0.25) is 0 Å². The number of hydrogen-bond acceptors (Lipinski definition) is 4. The van der Waals surface area contributed by atoms with E-state index >= 15 is 0 Å². The maximum Gasteiger partial charge on any atom is 0.287 e. The summed E-state index contributed by atoms with van der Waals surface area (Å²) in [5.41, 5.74) is 1.46. The Labute approximate surface area is 138 Å². The molecular formula is C18H17FN2O3. The highest BCUT2D eigenvalue weighted by atomic mass is 19.1. The number of amides is 1. The number of nitrogens with one attached hydrogen (secondary N) is 1. The van der Waals surface area contributed by atoms with Gasteiger partial charge in [0, 0.05) is 29.3 Å². The lowest BCUT2D eigenvalue weighted by Gasteiger charge is -2.09. The van der Waals surface area contributed by atoms with E-state index in [-0.39, 0.29) is 17.9 Å². The van der Waals surface area contributed by atoms with E-state index in [0.29, 0.717) is 23.4 Å². The van der Waals surface area contributed by atoms with Gasteiger partial charge in [-0.2, -0.15) is 0 Å². The Hall–Kier alpha value is -2.89. The summed E-state index contributed by atoms with van der Waals surface area (Å²) in [4.78, 5) is 16.5. The Morgan fingerprint density at radius 1 is 1.33 bits per heavy atom. The summed E-state index contributed by atoms with van der Waals surface area (Å²) >= 11 is 0. The second kappa shape index (κ2) is 6.70. The molecule has 1 amide bonds. The minimum atomic E-state index is -0.486. The lowest BCUT2D eigenvalue weighted by Crippen LogP contribution is -2.23. The zero-order valence-corrected chi connectivity index (χ0v) is 13.4. The van der Waals surface area contributed by atoms with E-state index in [2.05, 4.69) is 10.3 Å². The summed E-state index contributed by atoms with van der Waals surface area (Å²) in [5, 5.41) is 3.35. The van der Waals surface area contributed by atoms with Gasteiger partial charge in [-0.05, 0) is 26.0 Å². The molecule has 3 rings (SSSR count). The van der Waals surface area contributed by atoms with Gasteiger partial charge in [-0.1, -0.05) is 18.2 Å². The third-order valence-electron chi connectivity index (χ3n) is 3.69. The zero-order valence-electron chi connectivity index (χ0n) is 13.4. The monoisotopic (exact) mass is 328 g/mol. The van der Waals surface area contributed by atoms with Crippen molar-refractivity contribution in [2.45, 2.75) is 20.4 Å². The summed E-state index contributed by atoms with van der Waals surface area (Å²) < 4.78 is 24.6. The molecule has 1 N–H and O–H groups in total. The highest BCUT2D eigenvalue weighted by molar-refractivity contribution is 5.98. The van der Waals surface area contributed by atoms with Crippen molar-refractivity contribution >= 4 is 16.9 Å². The van der Waals surface area contributed by atoms with Crippen LogP contribution in [0.4, 0.5) is 4.39 Å². The molecule has 0 fully saturated rings. The van der Waals surface area contributed by atoms with Gasteiger partial charge in [0.15, 0.2) is 17.2 Å². The SMILES string of the molecule is CCOc1ncccc1CNC(=O)c1oc2c(F)cccc2c1C. The predicted molar refractivity (Wildman–Crippen MR) is 87.5 cm³/mol. The lowest BCUT2D eigenvalue weighted by molar-refractivity contribution is 0.0924. The summed E-state index contributed by atoms with van der Waals surface area (Å²) in [5.74, 6) is -0.306. The van der Waals surface area contributed by atoms with Crippen LogP contribution in [-0.2, 0) is 6.54 Å². The van der Waals surface area contributed by atoms with E-state index < -0.39 is 11.7 Å². The molecule has 3 aromatic rings. The Bertz CT molecular complexity index is 889. The van der Waals surface area contributed by atoms with E-state index in [9.17, 15) is 9.18 Å². The van der Waals surface area contributed by atoms with Crippen molar-refractivity contribution < 1.29 is 18.3 Å². The van der Waals surface area contributed by atoms with Crippen molar-refractivity contribution in [1.82, 2.24) is 10.3 Å². The van der Waals surface area contributed by atoms with E-state index in [0.717, 1.165) is 5.56 Å². The van der Waals surface area contributed by atoms with Crippen molar-refractivity contribution in [3.8, 4) is 5.88 Å². The third kappa shape index (κ3) is 2.95. The number of pyridine rings is 1. The molecule has 124 valence electrons. The summed E-state index contributed by atoms with van der Waals surface area (Å²) in [7, 11) is 0. The number of hydrogen-bond donors (Lipinski definition) is 1. The van der Waals surface area contributed by atoms with E-state index in [4.69, 9.17) is 9.15 Å². The number of halogens is 1. The number of carbonyl (C=O) groups is 1. The fourth-order valence-corrected chi connectivity index (χ4v) is 2.51. The molecule has 2 aromatic heterocycles. The van der Waals surface area contributed by atoms with Crippen LogP contribution < -0.4 is 10.1 Å². The number of rotatable bonds is 5. The molecule has 5 nitrogen and oxygen atoms in total. The average molecular weight is 328 g/mol. The van der Waals surface area contributed by atoms with Gasteiger partial charge in [0.1, 0.15) is 0 Å². The lowest BCUT2D eigenvalue weighted by atomic mass is 10.1. The third-order valence-corrected chi connectivity index (χ3v) is 3.69. The normalized spacial score (nSPS) is 10.8. The predicted octanol–water partition coefficient (Wildman–Crippen LogP) is 3.60. The molecule has 0 saturated carbocycles. The summed E-state index contributed by atoms with van der Waals surface area (Å²) in [6.45, 7) is 4.32. The largest absolute Gasteiger partial charge is 0.478 e. The number of para-hydroxylation sites is 1. The Kier molecular flexibility index (Phi) is 4.46. The standard InChI is InChI=1S/C18H17FN2O3/c1-3-23-18-12(6-5-9-20-18)10-21-17(22)15-11(2)13-7-4-8-14(19)16(13)24-15/h4-9H,3,10H2,1-2H3,(H,21,22). The second-order valence-corrected chi connectivity index (χ2v) is 5.26. The van der Waals surface area contributed by atoms with Crippen LogP contribution in [-0.4, -0.2) is 17.5 Å². The van der Waals surface area contributed by atoms with E-state index in [1.807, 2.05) is 13.0 Å². The molecule has 24 heavy (non-hydrogen) atoms. The molecule has 0 saturated heterocycles. The molecule has 0 radical (unpaired) electrons. The molecule has 0 aliphatic rings. The first-order valence-corrected chi connectivity index (χ1v) is 7.64. The Balaban J connectivity index is 1.81. The van der Waals surface area contributed by atoms with Crippen molar-refractivity contribution in [2.24, 2.45) is 0 Å². The number of furan rings is 1. The molecule has 0 atom stereocenters. The molecule has 0 spiro atoms. The van der Waals surface area contributed by atoms with Gasteiger partial charge in [0.05, 0.1) is 6.61 Å². The van der Waals surface area contributed by atoms with Crippen molar-refractivity contribution in [3.05, 3.63) is 59.2 Å². The van der Waals surface area contributed by atoms with Gasteiger partial charge in [-0.3, -0.25) is 4.79 Å². The highest BCUT2D eigenvalue weighted by Gasteiger charge is 2.19. The maximum atomic E-state index is 13.8. The molecule has 0 bridgehead atoms. The van der Waals surface area contributed by atoms with Gasteiger partial charge < -0.3 is 14.5 Å².